The van der Waals surface area contributed by atoms with Crippen LogP contribution in [-0.4, -0.2) is 23.0 Å². The summed E-state index contributed by atoms with van der Waals surface area (Å²) in [5.74, 6) is 0. The van der Waals surface area contributed by atoms with Crippen molar-refractivity contribution in [2.45, 2.75) is 19.9 Å². The Balaban J connectivity index is 2.23. The third-order valence-corrected chi connectivity index (χ3v) is 2.54. The second kappa shape index (κ2) is 3.23. The van der Waals surface area contributed by atoms with Gasteiger partial charge in [-0.2, -0.15) is 0 Å². The van der Waals surface area contributed by atoms with Crippen molar-refractivity contribution in [3.8, 4) is 0 Å². The van der Waals surface area contributed by atoms with E-state index >= 15 is 0 Å². The number of fused-ring (bicyclic) bond motifs is 1. The SMILES string of the molecule is CCN1CCc2ccncc2C1. The van der Waals surface area contributed by atoms with Gasteiger partial charge in [-0.15, -0.1) is 0 Å². The van der Waals surface area contributed by atoms with Gasteiger partial charge in [-0.05, 0) is 30.2 Å². The zero-order valence-electron chi connectivity index (χ0n) is 7.45. The molecule has 0 saturated carbocycles. The van der Waals surface area contributed by atoms with E-state index in [0.29, 0.717) is 0 Å². The van der Waals surface area contributed by atoms with Crippen molar-refractivity contribution in [2.75, 3.05) is 13.1 Å². The molecule has 1 aliphatic heterocycles. The zero-order chi connectivity index (χ0) is 8.39. The van der Waals surface area contributed by atoms with Gasteiger partial charge in [-0.1, -0.05) is 6.92 Å². The normalized spacial score (nSPS) is 17.4. The topological polar surface area (TPSA) is 16.1 Å². The van der Waals surface area contributed by atoms with Gasteiger partial charge in [-0.3, -0.25) is 9.88 Å². The molecule has 0 amide bonds. The van der Waals surface area contributed by atoms with Crippen LogP contribution in [0.3, 0.4) is 0 Å². The summed E-state index contributed by atoms with van der Waals surface area (Å²) in [4.78, 5) is 6.59. The van der Waals surface area contributed by atoms with Gasteiger partial charge in [-0.25, -0.2) is 0 Å². The minimum absolute atomic E-state index is 1.08. The van der Waals surface area contributed by atoms with Gasteiger partial charge >= 0.3 is 0 Å². The lowest BCUT2D eigenvalue weighted by Crippen LogP contribution is -2.30. The maximum atomic E-state index is 4.14. The first-order valence-electron chi connectivity index (χ1n) is 4.54. The Morgan fingerprint density at radius 1 is 1.50 bits per heavy atom. The fourth-order valence-corrected chi connectivity index (χ4v) is 1.71. The van der Waals surface area contributed by atoms with Crippen LogP contribution in [0.4, 0.5) is 0 Å². The molecule has 2 nitrogen and oxygen atoms in total. The zero-order valence-corrected chi connectivity index (χ0v) is 7.45. The van der Waals surface area contributed by atoms with E-state index in [1.165, 1.54) is 24.1 Å². The molecule has 1 aliphatic rings. The van der Waals surface area contributed by atoms with E-state index in [9.17, 15) is 0 Å². The molecule has 1 aromatic rings. The fourth-order valence-electron chi connectivity index (χ4n) is 1.71. The van der Waals surface area contributed by atoms with E-state index in [0.717, 1.165) is 13.1 Å². The molecule has 0 spiro atoms. The lowest BCUT2D eigenvalue weighted by Gasteiger charge is -2.26. The third kappa shape index (κ3) is 1.34. The summed E-state index contributed by atoms with van der Waals surface area (Å²) in [5, 5.41) is 0. The van der Waals surface area contributed by atoms with E-state index in [4.69, 9.17) is 0 Å². The van der Waals surface area contributed by atoms with Crippen molar-refractivity contribution < 1.29 is 0 Å². The van der Waals surface area contributed by atoms with Crippen LogP contribution in [0.25, 0.3) is 0 Å². The van der Waals surface area contributed by atoms with Gasteiger partial charge in [0, 0.05) is 25.5 Å². The first kappa shape index (κ1) is 7.74. The summed E-state index contributed by atoms with van der Waals surface area (Å²) in [7, 11) is 0. The number of hydrogen-bond donors (Lipinski definition) is 0. The number of hydrogen-bond acceptors (Lipinski definition) is 2. The molecule has 0 saturated heterocycles. The van der Waals surface area contributed by atoms with Crippen LogP contribution in [0.1, 0.15) is 18.1 Å². The molecule has 0 N–H and O–H groups in total. The minimum Gasteiger partial charge on any atom is -0.299 e. The summed E-state index contributed by atoms with van der Waals surface area (Å²) in [6, 6.07) is 2.14. The molecular weight excluding hydrogens is 148 g/mol. The highest BCUT2D eigenvalue weighted by molar-refractivity contribution is 5.25. The van der Waals surface area contributed by atoms with E-state index < -0.39 is 0 Å². The largest absolute Gasteiger partial charge is 0.299 e. The van der Waals surface area contributed by atoms with Gasteiger partial charge in [0.05, 0.1) is 0 Å². The van der Waals surface area contributed by atoms with Crippen molar-refractivity contribution in [2.24, 2.45) is 0 Å². The van der Waals surface area contributed by atoms with E-state index in [1.54, 1.807) is 0 Å². The van der Waals surface area contributed by atoms with Crippen molar-refractivity contribution in [3.05, 3.63) is 29.6 Å². The number of nitrogens with zero attached hydrogens (tertiary/aromatic N) is 2. The molecule has 0 atom stereocenters. The first-order valence-corrected chi connectivity index (χ1v) is 4.54. The minimum atomic E-state index is 1.08. The van der Waals surface area contributed by atoms with Crippen LogP contribution in [0, 0.1) is 0 Å². The van der Waals surface area contributed by atoms with Gasteiger partial charge < -0.3 is 0 Å². The van der Waals surface area contributed by atoms with Crippen LogP contribution in [-0.2, 0) is 13.0 Å². The summed E-state index contributed by atoms with van der Waals surface area (Å²) < 4.78 is 0. The van der Waals surface area contributed by atoms with Crippen molar-refractivity contribution in [1.29, 1.82) is 0 Å². The summed E-state index contributed by atoms with van der Waals surface area (Å²) in [6.45, 7) is 5.64. The first-order chi connectivity index (χ1) is 5.90. The third-order valence-electron chi connectivity index (χ3n) is 2.54. The van der Waals surface area contributed by atoms with Gasteiger partial charge in [0.25, 0.3) is 0 Å². The van der Waals surface area contributed by atoms with Crippen LogP contribution in [0.15, 0.2) is 18.5 Å². The highest BCUT2D eigenvalue weighted by Crippen LogP contribution is 2.16. The lowest BCUT2D eigenvalue weighted by molar-refractivity contribution is 0.267. The summed E-state index contributed by atoms with van der Waals surface area (Å²) in [5.41, 5.74) is 2.89. The summed E-state index contributed by atoms with van der Waals surface area (Å²) >= 11 is 0. The Labute approximate surface area is 73.2 Å². The molecule has 1 aromatic heterocycles. The van der Waals surface area contributed by atoms with Gasteiger partial charge in [0.2, 0.25) is 0 Å². The molecule has 0 unspecified atom stereocenters. The average Bonchev–Trinajstić information content (AvgIpc) is 2.17. The predicted octanol–water partition coefficient (Wildman–Crippen LogP) is 1.46. The second-order valence-corrected chi connectivity index (χ2v) is 3.26. The smallest absolute Gasteiger partial charge is 0.0315 e. The molecule has 0 bridgehead atoms. The van der Waals surface area contributed by atoms with Crippen molar-refractivity contribution in [1.82, 2.24) is 9.88 Å². The molecule has 2 rings (SSSR count). The molecule has 12 heavy (non-hydrogen) atoms. The van der Waals surface area contributed by atoms with Crippen LogP contribution in [0.2, 0.25) is 0 Å². The highest BCUT2D eigenvalue weighted by Gasteiger charge is 2.13. The fraction of sp³-hybridized carbons (Fsp3) is 0.500. The summed E-state index contributed by atoms with van der Waals surface area (Å²) in [6.07, 6.45) is 5.07. The molecule has 0 radical (unpaired) electrons. The molecule has 0 fully saturated rings. The Kier molecular flexibility index (Phi) is 2.09. The Morgan fingerprint density at radius 2 is 2.42 bits per heavy atom. The number of rotatable bonds is 1. The Morgan fingerprint density at radius 3 is 3.25 bits per heavy atom. The van der Waals surface area contributed by atoms with E-state index in [1.807, 2.05) is 12.4 Å². The number of pyridine rings is 1. The van der Waals surface area contributed by atoms with Crippen LogP contribution < -0.4 is 0 Å². The van der Waals surface area contributed by atoms with E-state index in [-0.39, 0.29) is 0 Å². The van der Waals surface area contributed by atoms with Gasteiger partial charge in [0.1, 0.15) is 0 Å². The maximum absolute atomic E-state index is 4.14. The van der Waals surface area contributed by atoms with Crippen molar-refractivity contribution >= 4 is 0 Å². The van der Waals surface area contributed by atoms with Crippen molar-refractivity contribution in [3.63, 3.8) is 0 Å². The Hall–Kier alpha value is -0.890. The lowest BCUT2D eigenvalue weighted by atomic mass is 10.0. The highest BCUT2D eigenvalue weighted by atomic mass is 15.1. The van der Waals surface area contributed by atoms with Crippen LogP contribution in [0.5, 0.6) is 0 Å². The number of aromatic nitrogens is 1. The molecule has 0 aliphatic carbocycles. The Bertz CT molecular complexity index is 270. The standard InChI is InChI=1S/C10H14N2/c1-2-12-6-4-9-3-5-11-7-10(9)8-12/h3,5,7H,2,4,6,8H2,1H3. The average molecular weight is 162 g/mol. The van der Waals surface area contributed by atoms with Gasteiger partial charge in [0.15, 0.2) is 0 Å². The quantitative estimate of drug-likeness (QED) is 0.621. The molecule has 2 heteroatoms. The monoisotopic (exact) mass is 162 g/mol. The maximum Gasteiger partial charge on any atom is 0.0315 e. The molecular formula is C10H14N2. The molecule has 2 heterocycles. The van der Waals surface area contributed by atoms with E-state index in [2.05, 4.69) is 22.9 Å². The second-order valence-electron chi connectivity index (χ2n) is 3.26. The van der Waals surface area contributed by atoms with Crippen LogP contribution >= 0.6 is 0 Å². The molecule has 0 aromatic carbocycles. The predicted molar refractivity (Wildman–Crippen MR) is 48.9 cm³/mol. The molecule has 64 valence electrons. The number of likely N-dealkylation sites (N-methyl/N-ethyl adjacent to an activating group) is 1.